The number of hydrogen-bond acceptors (Lipinski definition) is 2. The Morgan fingerprint density at radius 1 is 1.11 bits per heavy atom. The summed E-state index contributed by atoms with van der Waals surface area (Å²) in [5, 5.41) is 12.8. The van der Waals surface area contributed by atoms with Crippen LogP contribution < -0.4 is 5.32 Å². The second-order valence-electron chi connectivity index (χ2n) is 4.75. The van der Waals surface area contributed by atoms with E-state index in [9.17, 15) is 9.50 Å². The first kappa shape index (κ1) is 13.6. The van der Waals surface area contributed by atoms with Gasteiger partial charge in [0, 0.05) is 5.69 Å². The predicted molar refractivity (Wildman–Crippen MR) is 75.8 cm³/mol. The van der Waals surface area contributed by atoms with Crippen molar-refractivity contribution in [2.45, 2.75) is 19.9 Å². The maximum absolute atomic E-state index is 13.1. The molecule has 0 bridgehead atoms. The van der Waals surface area contributed by atoms with E-state index < -0.39 is 0 Å². The van der Waals surface area contributed by atoms with Gasteiger partial charge in [0.2, 0.25) is 0 Å². The maximum Gasteiger partial charge on any atom is 0.123 e. The molecule has 0 aliphatic heterocycles. The average Bonchev–Trinajstić information content (AvgIpc) is 2.39. The van der Waals surface area contributed by atoms with E-state index in [0.29, 0.717) is 0 Å². The minimum Gasteiger partial charge on any atom is -0.394 e. The number of aliphatic hydroxyl groups is 1. The van der Waals surface area contributed by atoms with E-state index >= 15 is 0 Å². The fourth-order valence-electron chi connectivity index (χ4n) is 2.10. The third-order valence-electron chi connectivity index (χ3n) is 3.18. The van der Waals surface area contributed by atoms with Gasteiger partial charge in [0.25, 0.3) is 0 Å². The largest absolute Gasteiger partial charge is 0.394 e. The molecule has 2 N–H and O–H groups in total. The van der Waals surface area contributed by atoms with E-state index in [1.165, 1.54) is 17.7 Å². The van der Waals surface area contributed by atoms with Gasteiger partial charge in [-0.05, 0) is 49.2 Å². The van der Waals surface area contributed by atoms with Gasteiger partial charge in [0.1, 0.15) is 5.82 Å². The average molecular weight is 259 g/mol. The first-order valence-electron chi connectivity index (χ1n) is 6.30. The number of aliphatic hydroxyl groups excluding tert-OH is 1. The van der Waals surface area contributed by atoms with Crippen molar-refractivity contribution in [3.63, 3.8) is 0 Å². The van der Waals surface area contributed by atoms with Crippen LogP contribution in [-0.2, 0) is 0 Å². The molecular formula is C16H18FNO. The van der Waals surface area contributed by atoms with Crippen LogP contribution in [0.5, 0.6) is 0 Å². The summed E-state index contributed by atoms with van der Waals surface area (Å²) >= 11 is 0. The van der Waals surface area contributed by atoms with Crippen LogP contribution in [0.3, 0.4) is 0 Å². The number of aryl methyl sites for hydroxylation is 2. The predicted octanol–water partition coefficient (Wildman–Crippen LogP) is 3.59. The van der Waals surface area contributed by atoms with Crippen molar-refractivity contribution in [2.75, 3.05) is 11.9 Å². The van der Waals surface area contributed by atoms with Crippen LogP contribution in [0.25, 0.3) is 0 Å². The summed E-state index contributed by atoms with van der Waals surface area (Å²) in [5.74, 6) is -0.256. The lowest BCUT2D eigenvalue weighted by Gasteiger charge is -2.20. The molecule has 0 fully saturated rings. The van der Waals surface area contributed by atoms with Crippen molar-refractivity contribution in [3.05, 3.63) is 65.0 Å². The van der Waals surface area contributed by atoms with Crippen molar-refractivity contribution in [1.82, 2.24) is 0 Å². The van der Waals surface area contributed by atoms with Gasteiger partial charge in [-0.25, -0.2) is 4.39 Å². The highest BCUT2D eigenvalue weighted by Gasteiger charge is 2.13. The first-order chi connectivity index (χ1) is 9.10. The van der Waals surface area contributed by atoms with E-state index in [4.69, 9.17) is 0 Å². The Balaban J connectivity index is 2.22. The number of nitrogens with one attached hydrogen (secondary N) is 1. The van der Waals surface area contributed by atoms with E-state index in [1.807, 2.05) is 38.1 Å². The summed E-state index contributed by atoms with van der Waals surface area (Å²) in [4.78, 5) is 0. The number of anilines is 1. The quantitative estimate of drug-likeness (QED) is 0.879. The number of rotatable bonds is 4. The third kappa shape index (κ3) is 3.32. The molecule has 0 saturated carbocycles. The molecule has 100 valence electrons. The molecule has 0 heterocycles. The number of benzene rings is 2. The summed E-state index contributed by atoms with van der Waals surface area (Å²) in [6.07, 6.45) is 0. The van der Waals surface area contributed by atoms with Crippen molar-refractivity contribution >= 4 is 5.69 Å². The Kier molecular flexibility index (Phi) is 4.17. The highest BCUT2D eigenvalue weighted by molar-refractivity contribution is 5.47. The van der Waals surface area contributed by atoms with Gasteiger partial charge in [-0.15, -0.1) is 0 Å². The van der Waals surface area contributed by atoms with Gasteiger partial charge in [0.15, 0.2) is 0 Å². The fraction of sp³-hybridized carbons (Fsp3) is 0.250. The highest BCUT2D eigenvalue weighted by Crippen LogP contribution is 2.23. The van der Waals surface area contributed by atoms with Crippen LogP contribution in [0.4, 0.5) is 10.1 Å². The lowest BCUT2D eigenvalue weighted by atomic mass is 10.0. The van der Waals surface area contributed by atoms with Crippen LogP contribution in [0.1, 0.15) is 22.7 Å². The van der Waals surface area contributed by atoms with Gasteiger partial charge in [-0.2, -0.15) is 0 Å². The molecule has 0 radical (unpaired) electrons. The van der Waals surface area contributed by atoms with E-state index in [2.05, 4.69) is 5.32 Å². The summed E-state index contributed by atoms with van der Waals surface area (Å²) < 4.78 is 13.1. The molecule has 3 heteroatoms. The van der Waals surface area contributed by atoms with E-state index in [1.54, 1.807) is 6.07 Å². The molecule has 0 aliphatic carbocycles. The highest BCUT2D eigenvalue weighted by atomic mass is 19.1. The molecule has 2 nitrogen and oxygen atoms in total. The minimum atomic E-state index is -0.256. The summed E-state index contributed by atoms with van der Waals surface area (Å²) in [6.45, 7) is 3.83. The second-order valence-corrected chi connectivity index (χ2v) is 4.75. The molecule has 0 aromatic heterocycles. The zero-order valence-electron chi connectivity index (χ0n) is 11.2. The molecule has 2 rings (SSSR count). The minimum absolute atomic E-state index is 0.0413. The van der Waals surface area contributed by atoms with Crippen LogP contribution in [0.15, 0.2) is 42.5 Å². The molecule has 0 amide bonds. The molecule has 0 spiro atoms. The SMILES string of the molecule is Cc1ccc(NC(CO)c2ccc(F)cc2C)cc1. The zero-order valence-corrected chi connectivity index (χ0v) is 11.2. The Hall–Kier alpha value is -1.87. The Morgan fingerprint density at radius 2 is 1.79 bits per heavy atom. The molecule has 1 unspecified atom stereocenters. The van der Waals surface area contributed by atoms with Gasteiger partial charge >= 0.3 is 0 Å². The van der Waals surface area contributed by atoms with Crippen molar-refractivity contribution in [3.8, 4) is 0 Å². The van der Waals surface area contributed by atoms with Crippen molar-refractivity contribution in [1.29, 1.82) is 0 Å². The lowest BCUT2D eigenvalue weighted by molar-refractivity contribution is 0.276. The molecule has 1 atom stereocenters. The summed E-state index contributed by atoms with van der Waals surface area (Å²) in [7, 11) is 0. The second kappa shape index (κ2) is 5.85. The maximum atomic E-state index is 13.1. The molecule has 19 heavy (non-hydrogen) atoms. The van der Waals surface area contributed by atoms with Gasteiger partial charge in [-0.1, -0.05) is 23.8 Å². The van der Waals surface area contributed by atoms with Crippen molar-refractivity contribution < 1.29 is 9.50 Å². The molecule has 0 aliphatic rings. The normalized spacial score (nSPS) is 12.2. The smallest absolute Gasteiger partial charge is 0.123 e. The standard InChI is InChI=1S/C16H18FNO/c1-11-3-6-14(7-4-11)18-16(10-19)15-8-5-13(17)9-12(15)2/h3-9,16,18-19H,10H2,1-2H3. The van der Waals surface area contributed by atoms with Crippen LogP contribution >= 0.6 is 0 Å². The Labute approximate surface area is 112 Å². The third-order valence-corrected chi connectivity index (χ3v) is 3.18. The van der Waals surface area contributed by atoms with Gasteiger partial charge in [-0.3, -0.25) is 0 Å². The summed E-state index contributed by atoms with van der Waals surface area (Å²) in [5.41, 5.74) is 3.86. The molecule has 2 aromatic rings. The zero-order chi connectivity index (χ0) is 13.8. The topological polar surface area (TPSA) is 32.3 Å². The Bertz CT molecular complexity index is 551. The van der Waals surface area contributed by atoms with Crippen LogP contribution in [0.2, 0.25) is 0 Å². The van der Waals surface area contributed by atoms with E-state index in [0.717, 1.165) is 16.8 Å². The monoisotopic (exact) mass is 259 g/mol. The molecule has 2 aromatic carbocycles. The first-order valence-corrected chi connectivity index (χ1v) is 6.30. The number of halogens is 1. The van der Waals surface area contributed by atoms with Gasteiger partial charge in [0.05, 0.1) is 12.6 Å². The lowest BCUT2D eigenvalue weighted by Crippen LogP contribution is -2.16. The van der Waals surface area contributed by atoms with E-state index in [-0.39, 0.29) is 18.5 Å². The van der Waals surface area contributed by atoms with Gasteiger partial charge < -0.3 is 10.4 Å². The van der Waals surface area contributed by atoms with Crippen LogP contribution in [0, 0.1) is 19.7 Å². The number of hydrogen-bond donors (Lipinski definition) is 2. The summed E-state index contributed by atoms with van der Waals surface area (Å²) in [6, 6.07) is 12.3. The molecular weight excluding hydrogens is 241 g/mol. The van der Waals surface area contributed by atoms with Crippen LogP contribution in [-0.4, -0.2) is 11.7 Å². The molecule has 0 saturated heterocycles. The fourth-order valence-corrected chi connectivity index (χ4v) is 2.10. The Morgan fingerprint density at radius 3 is 2.37 bits per heavy atom. The van der Waals surface area contributed by atoms with Crippen molar-refractivity contribution in [2.24, 2.45) is 0 Å².